The van der Waals surface area contributed by atoms with Crippen molar-refractivity contribution in [3.05, 3.63) is 46.1 Å². The van der Waals surface area contributed by atoms with E-state index in [4.69, 9.17) is 9.97 Å². The van der Waals surface area contributed by atoms with Crippen molar-refractivity contribution in [2.24, 2.45) is 0 Å². The van der Waals surface area contributed by atoms with Crippen LogP contribution in [0.25, 0.3) is 27.4 Å². The summed E-state index contributed by atoms with van der Waals surface area (Å²) in [5, 5.41) is 14.2. The van der Waals surface area contributed by atoms with Crippen molar-refractivity contribution in [2.75, 3.05) is 13.1 Å². The fraction of sp³-hybridized carbons (Fsp3) is 0.381. The molecule has 0 saturated heterocycles. The average molecular weight is 408 g/mol. The van der Waals surface area contributed by atoms with Gasteiger partial charge in [-0.15, -0.1) is 26.3 Å². The first-order valence-corrected chi connectivity index (χ1v) is 10.7. The topological polar surface area (TPSA) is 72.6 Å². The molecule has 0 spiro atoms. The third kappa shape index (κ3) is 3.77. The molecule has 150 valence electrons. The van der Waals surface area contributed by atoms with E-state index in [-0.39, 0.29) is 0 Å². The molecule has 0 amide bonds. The SMILES string of the molecule is CCN(CC)Cc1nc(-n2nnc(-c3ccc(C)cc3)n2)c2c(C)c(C)sc2n1. The third-order valence-electron chi connectivity index (χ3n) is 5.23. The normalized spacial score (nSPS) is 11.7. The number of tetrazole rings is 1. The summed E-state index contributed by atoms with van der Waals surface area (Å²) in [4.78, 5) is 15.7. The molecule has 0 atom stereocenters. The zero-order valence-corrected chi connectivity index (χ0v) is 18.3. The van der Waals surface area contributed by atoms with Crippen molar-refractivity contribution in [3.8, 4) is 17.2 Å². The second-order valence-corrected chi connectivity index (χ2v) is 8.36. The van der Waals surface area contributed by atoms with Gasteiger partial charge in [0.15, 0.2) is 5.82 Å². The van der Waals surface area contributed by atoms with E-state index in [0.717, 1.165) is 34.7 Å². The summed E-state index contributed by atoms with van der Waals surface area (Å²) in [7, 11) is 0. The molecule has 3 aromatic heterocycles. The lowest BCUT2D eigenvalue weighted by Crippen LogP contribution is -2.24. The third-order valence-corrected chi connectivity index (χ3v) is 6.33. The van der Waals surface area contributed by atoms with Gasteiger partial charge in [0.05, 0.1) is 11.9 Å². The van der Waals surface area contributed by atoms with Crippen LogP contribution in [0, 0.1) is 20.8 Å². The van der Waals surface area contributed by atoms with E-state index >= 15 is 0 Å². The molecule has 0 aliphatic carbocycles. The lowest BCUT2D eigenvalue weighted by atomic mass is 10.1. The van der Waals surface area contributed by atoms with Crippen molar-refractivity contribution in [1.29, 1.82) is 0 Å². The van der Waals surface area contributed by atoms with Crippen molar-refractivity contribution in [1.82, 2.24) is 35.1 Å². The number of aromatic nitrogens is 6. The maximum Gasteiger partial charge on any atom is 0.205 e. The van der Waals surface area contributed by atoms with Crippen molar-refractivity contribution < 1.29 is 0 Å². The van der Waals surface area contributed by atoms with E-state index in [1.54, 1.807) is 16.1 Å². The molecular formula is C21H25N7S. The Hall–Kier alpha value is -2.71. The van der Waals surface area contributed by atoms with Gasteiger partial charge < -0.3 is 0 Å². The minimum absolute atomic E-state index is 0.589. The van der Waals surface area contributed by atoms with Crippen LogP contribution in [-0.4, -0.2) is 48.2 Å². The van der Waals surface area contributed by atoms with E-state index in [2.05, 4.69) is 54.9 Å². The zero-order chi connectivity index (χ0) is 20.5. The van der Waals surface area contributed by atoms with Crippen LogP contribution in [0.1, 0.15) is 35.7 Å². The first kappa shape index (κ1) is 19.6. The van der Waals surface area contributed by atoms with Gasteiger partial charge in [0, 0.05) is 10.4 Å². The van der Waals surface area contributed by atoms with Crippen LogP contribution in [-0.2, 0) is 6.54 Å². The Morgan fingerprint density at radius 2 is 1.72 bits per heavy atom. The lowest BCUT2D eigenvalue weighted by Gasteiger charge is -2.17. The van der Waals surface area contributed by atoms with Gasteiger partial charge in [-0.3, -0.25) is 4.90 Å². The smallest absolute Gasteiger partial charge is 0.205 e. The molecule has 29 heavy (non-hydrogen) atoms. The average Bonchev–Trinajstić information content (AvgIpc) is 3.31. The van der Waals surface area contributed by atoms with Crippen molar-refractivity contribution >= 4 is 21.6 Å². The summed E-state index contributed by atoms with van der Waals surface area (Å²) in [6, 6.07) is 8.12. The van der Waals surface area contributed by atoms with Gasteiger partial charge in [-0.1, -0.05) is 43.7 Å². The van der Waals surface area contributed by atoms with E-state index in [0.29, 0.717) is 18.2 Å². The molecule has 0 radical (unpaired) electrons. The fourth-order valence-corrected chi connectivity index (χ4v) is 4.30. The maximum absolute atomic E-state index is 4.85. The Morgan fingerprint density at radius 3 is 2.41 bits per heavy atom. The molecule has 0 N–H and O–H groups in total. The van der Waals surface area contributed by atoms with E-state index < -0.39 is 0 Å². The number of hydrogen-bond donors (Lipinski definition) is 0. The first-order chi connectivity index (χ1) is 14.0. The molecule has 0 aliphatic heterocycles. The van der Waals surface area contributed by atoms with Crippen molar-refractivity contribution in [2.45, 2.75) is 41.2 Å². The zero-order valence-electron chi connectivity index (χ0n) is 17.5. The number of fused-ring (bicyclic) bond motifs is 1. The van der Waals surface area contributed by atoms with Crippen LogP contribution in [0.3, 0.4) is 0 Å². The van der Waals surface area contributed by atoms with E-state index in [1.807, 2.05) is 24.3 Å². The predicted molar refractivity (Wildman–Crippen MR) is 116 cm³/mol. The summed E-state index contributed by atoms with van der Waals surface area (Å²) in [6.07, 6.45) is 0. The number of rotatable bonds is 6. The summed E-state index contributed by atoms with van der Waals surface area (Å²) in [5.41, 5.74) is 3.31. The Morgan fingerprint density at radius 1 is 1.00 bits per heavy atom. The predicted octanol–water partition coefficient (Wildman–Crippen LogP) is 4.10. The molecule has 0 bridgehead atoms. The minimum Gasteiger partial charge on any atom is -0.296 e. The van der Waals surface area contributed by atoms with Gasteiger partial charge in [-0.2, -0.15) is 0 Å². The van der Waals surface area contributed by atoms with Gasteiger partial charge in [-0.25, -0.2) is 9.97 Å². The molecular weight excluding hydrogens is 382 g/mol. The molecule has 0 unspecified atom stereocenters. The van der Waals surface area contributed by atoms with Gasteiger partial charge >= 0.3 is 0 Å². The van der Waals surface area contributed by atoms with Gasteiger partial charge in [0.2, 0.25) is 5.82 Å². The molecule has 0 fully saturated rings. The molecule has 7 nitrogen and oxygen atoms in total. The van der Waals surface area contributed by atoms with Crippen LogP contribution < -0.4 is 0 Å². The highest BCUT2D eigenvalue weighted by Crippen LogP contribution is 2.32. The molecule has 8 heteroatoms. The van der Waals surface area contributed by atoms with E-state index in [9.17, 15) is 0 Å². The molecule has 3 heterocycles. The number of nitrogens with zero attached hydrogens (tertiary/aromatic N) is 7. The second kappa shape index (κ2) is 7.96. The number of thiophene rings is 1. The monoisotopic (exact) mass is 407 g/mol. The van der Waals surface area contributed by atoms with Crippen LogP contribution in [0.5, 0.6) is 0 Å². The lowest BCUT2D eigenvalue weighted by molar-refractivity contribution is 0.288. The Balaban J connectivity index is 1.82. The number of benzene rings is 1. The maximum atomic E-state index is 4.85. The van der Waals surface area contributed by atoms with Gasteiger partial charge in [0.25, 0.3) is 0 Å². The highest BCUT2D eigenvalue weighted by molar-refractivity contribution is 7.18. The molecule has 4 rings (SSSR count). The Kier molecular flexibility index (Phi) is 5.38. The highest BCUT2D eigenvalue weighted by atomic mass is 32.1. The largest absolute Gasteiger partial charge is 0.296 e. The molecule has 0 saturated carbocycles. The van der Waals surface area contributed by atoms with Crippen molar-refractivity contribution in [3.63, 3.8) is 0 Å². The van der Waals surface area contributed by atoms with Gasteiger partial charge in [-0.05, 0) is 44.6 Å². The summed E-state index contributed by atoms with van der Waals surface area (Å²) in [5.74, 6) is 2.07. The number of aryl methyl sites for hydroxylation is 3. The Labute approximate surface area is 174 Å². The fourth-order valence-electron chi connectivity index (χ4n) is 3.26. The van der Waals surface area contributed by atoms with Crippen LogP contribution in [0.15, 0.2) is 24.3 Å². The Bertz CT molecular complexity index is 1140. The quantitative estimate of drug-likeness (QED) is 0.479. The van der Waals surface area contributed by atoms with Crippen LogP contribution in [0.2, 0.25) is 0 Å². The van der Waals surface area contributed by atoms with E-state index in [1.165, 1.54) is 16.0 Å². The molecule has 4 aromatic rings. The second-order valence-electron chi connectivity index (χ2n) is 7.16. The summed E-state index contributed by atoms with van der Waals surface area (Å²) < 4.78 is 0. The highest BCUT2D eigenvalue weighted by Gasteiger charge is 2.19. The molecule has 1 aromatic carbocycles. The van der Waals surface area contributed by atoms with Crippen LogP contribution in [0.4, 0.5) is 0 Å². The molecule has 0 aliphatic rings. The van der Waals surface area contributed by atoms with Gasteiger partial charge in [0.1, 0.15) is 10.7 Å². The standard InChI is InChI=1S/C21H25N7S/c1-6-27(7-2)12-17-22-20(18-14(4)15(5)29-21(18)23-17)28-25-19(24-26-28)16-10-8-13(3)9-11-16/h8-11H,6-7,12H2,1-5H3. The van der Waals surface area contributed by atoms with Crippen LogP contribution >= 0.6 is 11.3 Å². The first-order valence-electron chi connectivity index (χ1n) is 9.86. The summed E-state index contributed by atoms with van der Waals surface area (Å²) in [6.45, 7) is 13.2. The summed E-state index contributed by atoms with van der Waals surface area (Å²) >= 11 is 1.69. The number of hydrogen-bond acceptors (Lipinski definition) is 7. The minimum atomic E-state index is 0.589.